The van der Waals surface area contributed by atoms with Crippen LogP contribution >= 0.6 is 0 Å². The molecule has 0 radical (unpaired) electrons. The smallest absolute Gasteiger partial charge is 0.127 e. The molecule has 3 aromatic carbocycles. The molecule has 0 atom stereocenters. The first-order valence-corrected chi connectivity index (χ1v) is 7.07. The summed E-state index contributed by atoms with van der Waals surface area (Å²) in [7, 11) is 0. The second kappa shape index (κ2) is 6.64. The van der Waals surface area contributed by atoms with E-state index in [9.17, 15) is 0 Å². The summed E-state index contributed by atoms with van der Waals surface area (Å²) >= 11 is 0. The van der Waals surface area contributed by atoms with E-state index in [-0.39, 0.29) is 0 Å². The molecule has 0 saturated heterocycles. The van der Waals surface area contributed by atoms with E-state index < -0.39 is 0 Å². The van der Waals surface area contributed by atoms with Crippen molar-refractivity contribution < 1.29 is 9.47 Å². The highest BCUT2D eigenvalue weighted by Gasteiger charge is 2.00. The second-order valence-corrected chi connectivity index (χ2v) is 4.76. The van der Waals surface area contributed by atoms with E-state index in [4.69, 9.17) is 9.47 Å². The summed E-state index contributed by atoms with van der Waals surface area (Å²) in [5.74, 6) is 3.16. The molecule has 3 rings (SSSR count). The minimum atomic E-state index is 0.770. The van der Waals surface area contributed by atoms with Gasteiger partial charge in [-0.25, -0.2) is 0 Å². The number of para-hydroxylation sites is 1. The van der Waals surface area contributed by atoms with Crippen molar-refractivity contribution in [2.45, 2.75) is 0 Å². The molecule has 108 valence electrons. The van der Waals surface area contributed by atoms with Crippen LogP contribution in [-0.2, 0) is 0 Å². The predicted octanol–water partition coefficient (Wildman–Crippen LogP) is 5.91. The average Bonchev–Trinajstić information content (AvgIpc) is 2.58. The number of hydrogen-bond acceptors (Lipinski definition) is 2. The van der Waals surface area contributed by atoms with E-state index in [1.165, 1.54) is 0 Å². The van der Waals surface area contributed by atoms with Gasteiger partial charge in [0.05, 0.1) is 0 Å². The third-order valence-electron chi connectivity index (χ3n) is 3.15. The van der Waals surface area contributed by atoms with Gasteiger partial charge in [0.2, 0.25) is 0 Å². The van der Waals surface area contributed by atoms with Crippen LogP contribution < -0.4 is 9.47 Å². The lowest BCUT2D eigenvalue weighted by atomic mass is 10.2. The molecule has 0 fully saturated rings. The van der Waals surface area contributed by atoms with Gasteiger partial charge in [-0.2, -0.15) is 0 Å². The Morgan fingerprint density at radius 1 is 0.545 bits per heavy atom. The molecule has 0 spiro atoms. The van der Waals surface area contributed by atoms with E-state index >= 15 is 0 Å². The zero-order chi connectivity index (χ0) is 15.2. The Hall–Kier alpha value is -3.00. The van der Waals surface area contributed by atoms with E-state index in [1.54, 1.807) is 6.08 Å². The molecule has 0 aliphatic rings. The fourth-order valence-corrected chi connectivity index (χ4v) is 2.01. The average molecular weight is 288 g/mol. The van der Waals surface area contributed by atoms with Crippen molar-refractivity contribution in [2.24, 2.45) is 0 Å². The summed E-state index contributed by atoms with van der Waals surface area (Å²) in [6, 6.07) is 25.0. The van der Waals surface area contributed by atoms with Gasteiger partial charge in [-0.15, -0.1) is 0 Å². The third kappa shape index (κ3) is 3.55. The molecule has 0 saturated carbocycles. The van der Waals surface area contributed by atoms with Crippen molar-refractivity contribution in [1.29, 1.82) is 0 Å². The van der Waals surface area contributed by atoms with Crippen LogP contribution in [0.4, 0.5) is 0 Å². The van der Waals surface area contributed by atoms with Crippen LogP contribution in [0.3, 0.4) is 0 Å². The number of hydrogen-bond donors (Lipinski definition) is 0. The zero-order valence-electron chi connectivity index (χ0n) is 12.1. The van der Waals surface area contributed by atoms with Crippen LogP contribution in [0, 0.1) is 0 Å². The molecule has 0 heterocycles. The SMILES string of the molecule is C=Cc1ccc(Oc2ccc(Oc3ccccc3)cc2)cc1. The van der Waals surface area contributed by atoms with Crippen LogP contribution in [0.25, 0.3) is 6.08 Å². The van der Waals surface area contributed by atoms with Crippen LogP contribution in [0.15, 0.2) is 85.4 Å². The molecular weight excluding hydrogens is 272 g/mol. The summed E-state index contributed by atoms with van der Waals surface area (Å²) < 4.78 is 11.5. The summed E-state index contributed by atoms with van der Waals surface area (Å²) in [6.07, 6.45) is 1.81. The summed E-state index contributed by atoms with van der Waals surface area (Å²) in [5.41, 5.74) is 1.07. The highest BCUT2D eigenvalue weighted by molar-refractivity contribution is 5.48. The van der Waals surface area contributed by atoms with E-state index in [1.807, 2.05) is 78.9 Å². The summed E-state index contributed by atoms with van der Waals surface area (Å²) in [4.78, 5) is 0. The third-order valence-corrected chi connectivity index (χ3v) is 3.15. The Morgan fingerprint density at radius 3 is 1.41 bits per heavy atom. The summed E-state index contributed by atoms with van der Waals surface area (Å²) in [6.45, 7) is 3.73. The van der Waals surface area contributed by atoms with E-state index in [0.29, 0.717) is 0 Å². The van der Waals surface area contributed by atoms with Crippen molar-refractivity contribution in [1.82, 2.24) is 0 Å². The Balaban J connectivity index is 1.67. The predicted molar refractivity (Wildman–Crippen MR) is 89.6 cm³/mol. The molecule has 0 aromatic heterocycles. The Bertz CT molecular complexity index is 729. The fourth-order valence-electron chi connectivity index (χ4n) is 2.01. The molecule has 2 nitrogen and oxygen atoms in total. The molecular formula is C20H16O2. The van der Waals surface area contributed by atoms with E-state index in [0.717, 1.165) is 28.6 Å². The standard InChI is InChI=1S/C20H16O2/c1-2-16-8-10-18(11-9-16)22-20-14-12-19(13-15-20)21-17-6-4-3-5-7-17/h2-15H,1H2. The molecule has 0 N–H and O–H groups in total. The van der Waals surface area contributed by atoms with Gasteiger partial charge in [0, 0.05) is 0 Å². The molecule has 0 aliphatic carbocycles. The Morgan fingerprint density at radius 2 is 0.955 bits per heavy atom. The number of ether oxygens (including phenoxy) is 2. The summed E-state index contributed by atoms with van der Waals surface area (Å²) in [5, 5.41) is 0. The van der Waals surface area contributed by atoms with Gasteiger partial charge in [0.15, 0.2) is 0 Å². The molecule has 3 aromatic rings. The second-order valence-electron chi connectivity index (χ2n) is 4.76. The van der Waals surface area contributed by atoms with Crippen LogP contribution in [0.2, 0.25) is 0 Å². The molecule has 22 heavy (non-hydrogen) atoms. The molecule has 0 amide bonds. The lowest BCUT2D eigenvalue weighted by molar-refractivity contribution is 0.469. The Kier molecular flexibility index (Phi) is 4.21. The number of rotatable bonds is 5. The largest absolute Gasteiger partial charge is 0.457 e. The van der Waals surface area contributed by atoms with Crippen LogP contribution in [-0.4, -0.2) is 0 Å². The monoisotopic (exact) mass is 288 g/mol. The zero-order valence-corrected chi connectivity index (χ0v) is 12.1. The van der Waals surface area contributed by atoms with E-state index in [2.05, 4.69) is 6.58 Å². The van der Waals surface area contributed by atoms with Gasteiger partial charge in [0.1, 0.15) is 23.0 Å². The van der Waals surface area contributed by atoms with Crippen molar-refractivity contribution in [3.05, 3.63) is 91.0 Å². The first kappa shape index (κ1) is 14.0. The van der Waals surface area contributed by atoms with Crippen molar-refractivity contribution in [2.75, 3.05) is 0 Å². The first-order valence-electron chi connectivity index (χ1n) is 7.07. The molecule has 2 heteroatoms. The quantitative estimate of drug-likeness (QED) is 0.580. The van der Waals surface area contributed by atoms with Gasteiger partial charge in [-0.05, 0) is 54.1 Å². The topological polar surface area (TPSA) is 18.5 Å². The minimum Gasteiger partial charge on any atom is -0.457 e. The van der Waals surface area contributed by atoms with Gasteiger partial charge < -0.3 is 9.47 Å². The lowest BCUT2D eigenvalue weighted by Crippen LogP contribution is -1.86. The maximum atomic E-state index is 5.79. The van der Waals surface area contributed by atoms with Crippen LogP contribution in [0.5, 0.6) is 23.0 Å². The highest BCUT2D eigenvalue weighted by atomic mass is 16.5. The number of benzene rings is 3. The Labute approximate surface area is 130 Å². The van der Waals surface area contributed by atoms with Crippen molar-refractivity contribution >= 4 is 6.08 Å². The van der Waals surface area contributed by atoms with Crippen molar-refractivity contribution in [3.63, 3.8) is 0 Å². The van der Waals surface area contributed by atoms with Gasteiger partial charge in [0.25, 0.3) is 0 Å². The van der Waals surface area contributed by atoms with Gasteiger partial charge in [-0.3, -0.25) is 0 Å². The maximum Gasteiger partial charge on any atom is 0.127 e. The van der Waals surface area contributed by atoms with Crippen LogP contribution in [0.1, 0.15) is 5.56 Å². The van der Waals surface area contributed by atoms with Gasteiger partial charge >= 0.3 is 0 Å². The van der Waals surface area contributed by atoms with Crippen molar-refractivity contribution in [3.8, 4) is 23.0 Å². The first-order chi connectivity index (χ1) is 10.8. The normalized spacial score (nSPS) is 10.0. The molecule has 0 bridgehead atoms. The molecule has 0 unspecified atom stereocenters. The maximum absolute atomic E-state index is 5.79. The highest BCUT2D eigenvalue weighted by Crippen LogP contribution is 2.26. The minimum absolute atomic E-state index is 0.770. The fraction of sp³-hybridized carbons (Fsp3) is 0. The molecule has 0 aliphatic heterocycles. The lowest BCUT2D eigenvalue weighted by Gasteiger charge is -2.08. The van der Waals surface area contributed by atoms with Gasteiger partial charge in [-0.1, -0.05) is 43.0 Å².